The molecule has 0 aliphatic carbocycles. The maximum atomic E-state index is 10.5. The third-order valence-electron chi connectivity index (χ3n) is 2.33. The number of benzene rings is 2. The van der Waals surface area contributed by atoms with Crippen molar-refractivity contribution in [3.63, 3.8) is 0 Å². The van der Waals surface area contributed by atoms with E-state index in [4.69, 9.17) is 5.73 Å². The summed E-state index contributed by atoms with van der Waals surface area (Å²) >= 11 is 0. The minimum absolute atomic E-state index is 0.0192. The third-order valence-corrected chi connectivity index (χ3v) is 2.33. The van der Waals surface area contributed by atoms with E-state index in [2.05, 4.69) is 10.2 Å². The Bertz CT molecular complexity index is 638. The number of hydrogen-bond acceptors (Lipinski definition) is 6. The number of phenols is 1. The number of nitrogens with zero attached hydrogens (tertiary/aromatic N) is 3. The van der Waals surface area contributed by atoms with Crippen LogP contribution in [0.5, 0.6) is 5.75 Å². The predicted octanol–water partition coefficient (Wildman–Crippen LogP) is 3.30. The molecule has 2 rings (SSSR count). The fourth-order valence-electron chi connectivity index (χ4n) is 1.38. The molecule has 96 valence electrons. The van der Waals surface area contributed by atoms with Gasteiger partial charge in [-0.05, 0) is 24.3 Å². The summed E-state index contributed by atoms with van der Waals surface area (Å²) in [5, 5.41) is 27.7. The highest BCUT2D eigenvalue weighted by Gasteiger charge is 2.03. The molecule has 0 heterocycles. The Morgan fingerprint density at radius 1 is 1.11 bits per heavy atom. The zero-order chi connectivity index (χ0) is 13.8. The second-order valence-electron chi connectivity index (χ2n) is 3.72. The van der Waals surface area contributed by atoms with Gasteiger partial charge in [-0.15, -0.1) is 5.11 Å². The molecule has 7 heteroatoms. The van der Waals surface area contributed by atoms with Gasteiger partial charge in [0.2, 0.25) is 0 Å². The first kappa shape index (κ1) is 12.5. The van der Waals surface area contributed by atoms with Crippen molar-refractivity contribution in [2.45, 2.75) is 0 Å². The van der Waals surface area contributed by atoms with Crippen LogP contribution in [0.15, 0.2) is 52.7 Å². The molecule has 0 fully saturated rings. The highest BCUT2D eigenvalue weighted by molar-refractivity contribution is 5.58. The first-order chi connectivity index (χ1) is 9.06. The van der Waals surface area contributed by atoms with E-state index in [1.165, 1.54) is 36.4 Å². The number of hydrogen-bond donors (Lipinski definition) is 2. The number of anilines is 1. The van der Waals surface area contributed by atoms with Crippen LogP contribution in [0.4, 0.5) is 22.7 Å². The van der Waals surface area contributed by atoms with Crippen LogP contribution in [0, 0.1) is 10.1 Å². The topological polar surface area (TPSA) is 114 Å². The first-order valence-electron chi connectivity index (χ1n) is 5.31. The molecule has 0 aliphatic rings. The lowest BCUT2D eigenvalue weighted by atomic mass is 10.2. The first-order valence-corrected chi connectivity index (χ1v) is 5.31. The maximum Gasteiger partial charge on any atom is 0.269 e. The zero-order valence-electron chi connectivity index (χ0n) is 9.72. The standard InChI is InChI=1S/C12H10N4O3/c13-8-1-6-11(12(17)7-8)15-14-9-2-4-10(5-3-9)16(18)19/h1-7,17H,13H2. The van der Waals surface area contributed by atoms with Crippen molar-refractivity contribution in [1.82, 2.24) is 0 Å². The Kier molecular flexibility index (Phi) is 3.37. The molecule has 7 nitrogen and oxygen atoms in total. The Hall–Kier alpha value is -2.96. The van der Waals surface area contributed by atoms with Crippen LogP contribution >= 0.6 is 0 Å². The van der Waals surface area contributed by atoms with Gasteiger partial charge in [0, 0.05) is 23.9 Å². The van der Waals surface area contributed by atoms with Gasteiger partial charge in [0.05, 0.1) is 10.6 Å². The molecule has 0 unspecified atom stereocenters. The van der Waals surface area contributed by atoms with E-state index in [9.17, 15) is 15.2 Å². The minimum Gasteiger partial charge on any atom is -0.506 e. The molecule has 0 atom stereocenters. The number of azo groups is 1. The molecule has 0 saturated heterocycles. The van der Waals surface area contributed by atoms with Crippen LogP contribution in [-0.4, -0.2) is 10.0 Å². The van der Waals surface area contributed by atoms with E-state index in [0.717, 1.165) is 0 Å². The molecule has 0 spiro atoms. The molecule has 2 aromatic carbocycles. The predicted molar refractivity (Wildman–Crippen MR) is 69.8 cm³/mol. The van der Waals surface area contributed by atoms with Crippen molar-refractivity contribution in [1.29, 1.82) is 0 Å². The van der Waals surface area contributed by atoms with E-state index < -0.39 is 4.92 Å². The minimum atomic E-state index is -0.493. The Balaban J connectivity index is 2.20. The second kappa shape index (κ2) is 5.13. The van der Waals surface area contributed by atoms with E-state index in [1.54, 1.807) is 6.07 Å². The van der Waals surface area contributed by atoms with E-state index >= 15 is 0 Å². The fourth-order valence-corrected chi connectivity index (χ4v) is 1.38. The van der Waals surface area contributed by atoms with Crippen molar-refractivity contribution in [3.05, 3.63) is 52.6 Å². The monoisotopic (exact) mass is 258 g/mol. The van der Waals surface area contributed by atoms with Gasteiger partial charge in [0.15, 0.2) is 0 Å². The van der Waals surface area contributed by atoms with Crippen molar-refractivity contribution < 1.29 is 10.0 Å². The van der Waals surface area contributed by atoms with Gasteiger partial charge >= 0.3 is 0 Å². The van der Waals surface area contributed by atoms with Crippen LogP contribution in [0.3, 0.4) is 0 Å². The summed E-state index contributed by atoms with van der Waals surface area (Å²) in [4.78, 5) is 9.98. The molecule has 0 bridgehead atoms. The summed E-state index contributed by atoms with van der Waals surface area (Å²) in [5.74, 6) is -0.0781. The lowest BCUT2D eigenvalue weighted by molar-refractivity contribution is -0.384. The van der Waals surface area contributed by atoms with Crippen LogP contribution < -0.4 is 5.73 Å². The van der Waals surface area contributed by atoms with Gasteiger partial charge in [-0.1, -0.05) is 0 Å². The van der Waals surface area contributed by atoms with Crippen molar-refractivity contribution in [3.8, 4) is 5.75 Å². The van der Waals surface area contributed by atoms with Crippen molar-refractivity contribution in [2.75, 3.05) is 5.73 Å². The van der Waals surface area contributed by atoms with Gasteiger partial charge in [-0.2, -0.15) is 5.11 Å². The fraction of sp³-hybridized carbons (Fsp3) is 0. The number of nitro benzene ring substituents is 1. The molecule has 0 radical (unpaired) electrons. The molecular formula is C12H10N4O3. The van der Waals surface area contributed by atoms with Gasteiger partial charge in [0.1, 0.15) is 11.4 Å². The summed E-state index contributed by atoms with van der Waals surface area (Å²) in [6.07, 6.45) is 0. The van der Waals surface area contributed by atoms with Crippen molar-refractivity contribution in [2.24, 2.45) is 10.2 Å². The molecule has 0 saturated carbocycles. The summed E-state index contributed by atoms with van der Waals surface area (Å²) in [5.41, 5.74) is 6.60. The summed E-state index contributed by atoms with van der Waals surface area (Å²) in [7, 11) is 0. The maximum absolute atomic E-state index is 10.5. The number of non-ortho nitro benzene ring substituents is 1. The Labute approximate surface area is 108 Å². The lowest BCUT2D eigenvalue weighted by Crippen LogP contribution is -1.85. The normalized spacial score (nSPS) is 10.7. The summed E-state index contributed by atoms with van der Waals surface area (Å²) < 4.78 is 0. The second-order valence-corrected chi connectivity index (χ2v) is 3.72. The van der Waals surface area contributed by atoms with Crippen LogP contribution in [0.1, 0.15) is 0 Å². The van der Waals surface area contributed by atoms with Gasteiger partial charge in [0.25, 0.3) is 5.69 Å². The molecule has 0 aliphatic heterocycles. The van der Waals surface area contributed by atoms with Crippen molar-refractivity contribution >= 4 is 22.7 Å². The molecule has 2 aromatic rings. The van der Waals surface area contributed by atoms with Crippen LogP contribution in [-0.2, 0) is 0 Å². The Morgan fingerprint density at radius 2 is 1.79 bits per heavy atom. The number of nitrogens with two attached hydrogens (primary N) is 1. The highest BCUT2D eigenvalue weighted by atomic mass is 16.6. The highest BCUT2D eigenvalue weighted by Crippen LogP contribution is 2.30. The third kappa shape index (κ3) is 3.03. The lowest BCUT2D eigenvalue weighted by Gasteiger charge is -1.98. The number of aromatic hydroxyl groups is 1. The van der Waals surface area contributed by atoms with Gasteiger partial charge in [-0.25, -0.2) is 0 Å². The number of nitro groups is 1. The van der Waals surface area contributed by atoms with Crippen LogP contribution in [0.25, 0.3) is 0 Å². The molecular weight excluding hydrogens is 248 g/mol. The number of phenolic OH excluding ortho intramolecular Hbond substituents is 1. The van der Waals surface area contributed by atoms with Gasteiger partial charge in [-0.3, -0.25) is 10.1 Å². The molecule has 3 N–H and O–H groups in total. The average molecular weight is 258 g/mol. The molecule has 19 heavy (non-hydrogen) atoms. The largest absolute Gasteiger partial charge is 0.506 e. The van der Waals surface area contributed by atoms with Crippen LogP contribution in [0.2, 0.25) is 0 Å². The van der Waals surface area contributed by atoms with E-state index in [0.29, 0.717) is 11.4 Å². The summed E-state index contributed by atoms with van der Waals surface area (Å²) in [6.45, 7) is 0. The number of rotatable bonds is 3. The SMILES string of the molecule is Nc1ccc(N=Nc2ccc([N+](=O)[O-])cc2)c(O)c1. The smallest absolute Gasteiger partial charge is 0.269 e. The average Bonchev–Trinajstić information content (AvgIpc) is 2.38. The van der Waals surface area contributed by atoms with E-state index in [1.807, 2.05) is 0 Å². The number of nitrogen functional groups attached to an aromatic ring is 1. The Morgan fingerprint density at radius 3 is 2.37 bits per heavy atom. The van der Waals surface area contributed by atoms with E-state index in [-0.39, 0.29) is 17.1 Å². The summed E-state index contributed by atoms with van der Waals surface area (Å²) in [6, 6.07) is 10.1. The zero-order valence-corrected chi connectivity index (χ0v) is 9.72. The molecule has 0 amide bonds. The quantitative estimate of drug-likeness (QED) is 0.380. The van der Waals surface area contributed by atoms with Gasteiger partial charge < -0.3 is 10.8 Å². The molecule has 0 aromatic heterocycles.